The highest BCUT2D eigenvalue weighted by Crippen LogP contribution is 2.28. The Morgan fingerprint density at radius 2 is 1.55 bits per heavy atom. The van der Waals surface area contributed by atoms with E-state index in [2.05, 4.69) is 30.6 Å². The highest BCUT2D eigenvalue weighted by Gasteiger charge is 2.21. The highest BCUT2D eigenvalue weighted by molar-refractivity contribution is 6.30. The van der Waals surface area contributed by atoms with Gasteiger partial charge in [-0.1, -0.05) is 6.92 Å². The van der Waals surface area contributed by atoms with E-state index in [9.17, 15) is 5.11 Å². The third kappa shape index (κ3) is 3.85. The van der Waals surface area contributed by atoms with Gasteiger partial charge in [-0.15, -0.1) is 0 Å². The Kier molecular flexibility index (Phi) is 5.20. The van der Waals surface area contributed by atoms with Crippen molar-refractivity contribution >= 4 is 45.9 Å². The molecule has 0 atom stereocenters. The Morgan fingerprint density at radius 3 is 2.09 bits per heavy atom. The second-order valence-corrected chi connectivity index (χ2v) is 6.15. The zero-order valence-corrected chi connectivity index (χ0v) is 14.1. The van der Waals surface area contributed by atoms with E-state index in [4.69, 9.17) is 23.2 Å². The molecule has 120 valence electrons. The summed E-state index contributed by atoms with van der Waals surface area (Å²) in [4.78, 5) is 16.7. The molecule has 0 aromatic carbocycles. The van der Waals surface area contributed by atoms with Gasteiger partial charge < -0.3 is 15.7 Å². The fourth-order valence-electron chi connectivity index (χ4n) is 1.77. The fraction of sp³-hybridized carbons (Fsp3) is 0.538. The standard InChI is InChI=1S/C13H18Cl2N6O/c1-4-5-16-9-7-8(18-11(14)19-9)10(20-12(15)17-7)21-13(2,3)6-22/h22H,4-6H2,1-3H3,(H,16,18,19)(H,17,20,21). The van der Waals surface area contributed by atoms with Crippen LogP contribution in [0.1, 0.15) is 27.2 Å². The van der Waals surface area contributed by atoms with Crippen molar-refractivity contribution in [2.45, 2.75) is 32.7 Å². The topological polar surface area (TPSA) is 95.9 Å². The van der Waals surface area contributed by atoms with E-state index in [1.54, 1.807) is 0 Å². The van der Waals surface area contributed by atoms with E-state index < -0.39 is 5.54 Å². The van der Waals surface area contributed by atoms with Crippen molar-refractivity contribution in [3.05, 3.63) is 10.6 Å². The number of hydrogen-bond donors (Lipinski definition) is 3. The molecule has 9 heteroatoms. The minimum Gasteiger partial charge on any atom is -0.394 e. The number of aliphatic hydroxyl groups is 1. The molecule has 0 saturated heterocycles. The van der Waals surface area contributed by atoms with Crippen LogP contribution < -0.4 is 10.6 Å². The molecule has 22 heavy (non-hydrogen) atoms. The minimum atomic E-state index is -0.598. The van der Waals surface area contributed by atoms with Crippen molar-refractivity contribution in [1.82, 2.24) is 19.9 Å². The van der Waals surface area contributed by atoms with Crippen molar-refractivity contribution in [1.29, 1.82) is 0 Å². The molecule has 0 unspecified atom stereocenters. The van der Waals surface area contributed by atoms with Gasteiger partial charge in [0.25, 0.3) is 0 Å². The predicted molar refractivity (Wildman–Crippen MR) is 88.7 cm³/mol. The maximum atomic E-state index is 9.41. The van der Waals surface area contributed by atoms with Gasteiger partial charge in [0.2, 0.25) is 10.6 Å². The van der Waals surface area contributed by atoms with Gasteiger partial charge in [-0.2, -0.15) is 9.97 Å². The minimum absolute atomic E-state index is 0.0641. The number of rotatable bonds is 6. The summed E-state index contributed by atoms with van der Waals surface area (Å²) in [5.74, 6) is 0.906. The third-order valence-electron chi connectivity index (χ3n) is 2.88. The van der Waals surface area contributed by atoms with Gasteiger partial charge >= 0.3 is 0 Å². The Bertz CT molecular complexity index is 679. The molecule has 0 radical (unpaired) electrons. The molecule has 2 aromatic rings. The number of halogens is 2. The number of anilines is 2. The number of aromatic nitrogens is 4. The average molecular weight is 345 g/mol. The molecule has 0 aliphatic carbocycles. The highest BCUT2D eigenvalue weighted by atomic mass is 35.5. The first-order valence-electron chi connectivity index (χ1n) is 6.90. The maximum Gasteiger partial charge on any atom is 0.225 e. The smallest absolute Gasteiger partial charge is 0.225 e. The van der Waals surface area contributed by atoms with E-state index in [1.807, 2.05) is 20.8 Å². The first kappa shape index (κ1) is 16.9. The molecule has 0 aliphatic heterocycles. The summed E-state index contributed by atoms with van der Waals surface area (Å²) < 4.78 is 0. The summed E-state index contributed by atoms with van der Waals surface area (Å²) in [6, 6.07) is 0. The Hall–Kier alpha value is -1.44. The first-order chi connectivity index (χ1) is 10.4. The number of aliphatic hydroxyl groups excluding tert-OH is 1. The van der Waals surface area contributed by atoms with Crippen LogP contribution in [0.25, 0.3) is 11.0 Å². The first-order valence-corrected chi connectivity index (χ1v) is 7.65. The fourth-order valence-corrected chi connectivity index (χ4v) is 2.11. The molecular formula is C13H18Cl2N6O. The summed E-state index contributed by atoms with van der Waals surface area (Å²) in [5.41, 5.74) is 0.331. The number of nitrogens with one attached hydrogen (secondary N) is 2. The molecule has 0 bridgehead atoms. The van der Waals surface area contributed by atoms with E-state index in [-0.39, 0.29) is 17.2 Å². The van der Waals surface area contributed by atoms with E-state index in [0.29, 0.717) is 22.7 Å². The monoisotopic (exact) mass is 344 g/mol. The Labute approximate surface area is 138 Å². The van der Waals surface area contributed by atoms with Gasteiger partial charge in [0.15, 0.2) is 11.6 Å². The second kappa shape index (κ2) is 6.76. The lowest BCUT2D eigenvalue weighted by Crippen LogP contribution is -2.35. The molecule has 0 fully saturated rings. The van der Waals surface area contributed by atoms with E-state index >= 15 is 0 Å². The van der Waals surface area contributed by atoms with Crippen LogP contribution in [0.3, 0.4) is 0 Å². The molecule has 0 saturated carbocycles. The summed E-state index contributed by atoms with van der Waals surface area (Å²) in [6.07, 6.45) is 0.921. The molecule has 3 N–H and O–H groups in total. The second-order valence-electron chi connectivity index (χ2n) is 5.47. The molecule has 2 aromatic heterocycles. The summed E-state index contributed by atoms with van der Waals surface area (Å²) in [6.45, 7) is 6.32. The summed E-state index contributed by atoms with van der Waals surface area (Å²) in [5, 5.41) is 15.8. The molecule has 0 amide bonds. The summed E-state index contributed by atoms with van der Waals surface area (Å²) in [7, 11) is 0. The van der Waals surface area contributed by atoms with Crippen molar-refractivity contribution < 1.29 is 5.11 Å². The number of nitrogens with zero attached hydrogens (tertiary/aromatic N) is 4. The van der Waals surface area contributed by atoms with Crippen LogP contribution in [-0.4, -0.2) is 43.7 Å². The molecule has 2 heterocycles. The quantitative estimate of drug-likeness (QED) is 0.693. The predicted octanol–water partition coefficient (Wildman–Crippen LogP) is 2.73. The van der Waals surface area contributed by atoms with Gasteiger partial charge in [0.1, 0.15) is 11.0 Å². The van der Waals surface area contributed by atoms with Gasteiger partial charge in [-0.05, 0) is 43.5 Å². The van der Waals surface area contributed by atoms with Gasteiger partial charge in [0, 0.05) is 6.54 Å². The Balaban J connectivity index is 2.59. The zero-order valence-electron chi connectivity index (χ0n) is 12.6. The number of fused-ring (bicyclic) bond motifs is 1. The maximum absolute atomic E-state index is 9.41. The molecule has 0 aliphatic rings. The van der Waals surface area contributed by atoms with Crippen molar-refractivity contribution in [2.24, 2.45) is 0 Å². The zero-order chi connectivity index (χ0) is 16.3. The average Bonchev–Trinajstić information content (AvgIpc) is 2.45. The summed E-state index contributed by atoms with van der Waals surface area (Å²) >= 11 is 12.0. The molecule has 0 spiro atoms. The van der Waals surface area contributed by atoms with Crippen molar-refractivity contribution in [3.8, 4) is 0 Å². The van der Waals surface area contributed by atoms with Gasteiger partial charge in [0.05, 0.1) is 12.1 Å². The normalized spacial score (nSPS) is 11.7. The van der Waals surface area contributed by atoms with Crippen LogP contribution in [0, 0.1) is 0 Å². The van der Waals surface area contributed by atoms with Crippen LogP contribution in [0.2, 0.25) is 10.6 Å². The Morgan fingerprint density at radius 1 is 1.00 bits per heavy atom. The van der Waals surface area contributed by atoms with Crippen LogP contribution >= 0.6 is 23.2 Å². The SMILES string of the molecule is CCCNc1nc(Cl)nc2c(NC(C)(C)CO)nc(Cl)nc12. The lowest BCUT2D eigenvalue weighted by molar-refractivity contribution is 0.234. The van der Waals surface area contributed by atoms with Crippen LogP contribution in [0.15, 0.2) is 0 Å². The molecule has 7 nitrogen and oxygen atoms in total. The van der Waals surface area contributed by atoms with Crippen molar-refractivity contribution in [2.75, 3.05) is 23.8 Å². The largest absolute Gasteiger partial charge is 0.394 e. The van der Waals surface area contributed by atoms with Gasteiger partial charge in [-0.3, -0.25) is 0 Å². The molecule has 2 rings (SSSR count). The van der Waals surface area contributed by atoms with Crippen molar-refractivity contribution in [3.63, 3.8) is 0 Å². The van der Waals surface area contributed by atoms with Crippen LogP contribution in [0.5, 0.6) is 0 Å². The van der Waals surface area contributed by atoms with Gasteiger partial charge in [-0.25, -0.2) is 9.97 Å². The molecular weight excluding hydrogens is 327 g/mol. The lowest BCUT2D eigenvalue weighted by atomic mass is 10.1. The van der Waals surface area contributed by atoms with Crippen LogP contribution in [0.4, 0.5) is 11.6 Å². The lowest BCUT2D eigenvalue weighted by Gasteiger charge is -2.24. The third-order valence-corrected chi connectivity index (χ3v) is 3.22. The van der Waals surface area contributed by atoms with E-state index in [0.717, 1.165) is 13.0 Å². The van der Waals surface area contributed by atoms with E-state index in [1.165, 1.54) is 0 Å². The number of hydrogen-bond acceptors (Lipinski definition) is 7. The van der Waals surface area contributed by atoms with Crippen LogP contribution in [-0.2, 0) is 0 Å².